The first-order valence-electron chi connectivity index (χ1n) is 5.45. The summed E-state index contributed by atoms with van der Waals surface area (Å²) in [6.07, 6.45) is 0.685. The molecule has 1 atom stereocenters. The summed E-state index contributed by atoms with van der Waals surface area (Å²) in [4.78, 5) is 19.9. The van der Waals surface area contributed by atoms with E-state index in [1.165, 1.54) is 7.11 Å². The number of carbonyl (C=O) groups excluding carboxylic acids is 1. The number of esters is 1. The molecule has 8 heteroatoms. The zero-order valence-electron chi connectivity index (χ0n) is 10.9. The molecule has 3 N–H and O–H groups in total. The highest BCUT2D eigenvalue weighted by molar-refractivity contribution is 5.90. The summed E-state index contributed by atoms with van der Waals surface area (Å²) < 4.78 is 13.6. The van der Waals surface area contributed by atoms with Gasteiger partial charge in [-0.15, -0.1) is 0 Å². The summed E-state index contributed by atoms with van der Waals surface area (Å²) in [7, 11) is 1.18. The van der Waals surface area contributed by atoms with Crippen molar-refractivity contribution in [2.24, 2.45) is 0 Å². The van der Waals surface area contributed by atoms with Gasteiger partial charge in [0.25, 0.3) is 0 Å². The maximum absolute atomic E-state index is 10.1. The highest BCUT2D eigenvalue weighted by Crippen LogP contribution is 1.86. The molecule has 0 amide bonds. The molecule has 0 radical (unpaired) electrons. The first-order chi connectivity index (χ1) is 8.97. The van der Waals surface area contributed by atoms with E-state index in [0.29, 0.717) is 12.7 Å². The van der Waals surface area contributed by atoms with Gasteiger partial charge in [-0.05, 0) is 6.92 Å². The van der Waals surface area contributed by atoms with Gasteiger partial charge in [0.1, 0.15) is 0 Å². The fourth-order valence-electron chi connectivity index (χ4n) is 0.697. The van der Waals surface area contributed by atoms with E-state index >= 15 is 0 Å². The Hall–Kier alpha value is -1.48. The topological polar surface area (TPSA) is 123 Å². The van der Waals surface area contributed by atoms with E-state index in [2.05, 4.69) is 4.74 Å². The first kappa shape index (κ1) is 19.9. The third-order valence-corrected chi connectivity index (χ3v) is 1.42. The molecule has 0 aliphatic carbocycles. The van der Waals surface area contributed by atoms with Crippen LogP contribution < -0.4 is 0 Å². The van der Waals surface area contributed by atoms with Gasteiger partial charge in [-0.3, -0.25) is 0 Å². The smallest absolute Gasteiger partial charge is 0.330 e. The van der Waals surface area contributed by atoms with E-state index in [-0.39, 0.29) is 19.8 Å². The number of methoxy groups -OCH3 is 1. The minimum absolute atomic E-state index is 0.0289. The summed E-state index contributed by atoms with van der Waals surface area (Å²) in [5, 5.41) is 25.1. The fraction of sp³-hybridized carbons (Fsp3) is 0.636. The maximum atomic E-state index is 10.1. The van der Waals surface area contributed by atoms with Crippen LogP contribution in [0.3, 0.4) is 0 Å². The van der Waals surface area contributed by atoms with Crippen LogP contribution in [0.15, 0.2) is 12.2 Å². The molecular weight excluding hydrogens is 260 g/mol. The summed E-state index contributed by atoms with van der Waals surface area (Å²) in [5.74, 6) is -1.84. The molecule has 0 saturated heterocycles. The Bertz CT molecular complexity index is 263. The molecule has 0 aliphatic heterocycles. The van der Waals surface area contributed by atoms with E-state index in [1.807, 2.05) is 0 Å². The molecule has 1 unspecified atom stereocenters. The van der Waals surface area contributed by atoms with Crippen molar-refractivity contribution >= 4 is 11.9 Å². The molecule has 0 bridgehead atoms. The summed E-state index contributed by atoms with van der Waals surface area (Å²) in [6, 6.07) is 0. The average Bonchev–Trinajstić information content (AvgIpc) is 2.37. The predicted molar refractivity (Wildman–Crippen MR) is 64.3 cm³/mol. The number of aliphatic hydroxyl groups excluding tert-OH is 2. The SMILES string of the molecule is CCOC(O)COCCO.COC(=O)/C=C/C(=O)O. The Morgan fingerprint density at radius 1 is 1.32 bits per heavy atom. The Kier molecular flexibility index (Phi) is 15.2. The highest BCUT2D eigenvalue weighted by atomic mass is 16.6. The molecule has 0 aliphatic rings. The Morgan fingerprint density at radius 3 is 2.37 bits per heavy atom. The molecule has 0 aromatic carbocycles. The van der Waals surface area contributed by atoms with E-state index in [1.54, 1.807) is 6.92 Å². The highest BCUT2D eigenvalue weighted by Gasteiger charge is 2.00. The molecule has 0 saturated carbocycles. The van der Waals surface area contributed by atoms with Crippen molar-refractivity contribution in [1.29, 1.82) is 0 Å². The van der Waals surface area contributed by atoms with Gasteiger partial charge < -0.3 is 29.5 Å². The van der Waals surface area contributed by atoms with Crippen LogP contribution in [-0.2, 0) is 23.8 Å². The number of hydrogen-bond donors (Lipinski definition) is 3. The fourth-order valence-corrected chi connectivity index (χ4v) is 0.697. The van der Waals surface area contributed by atoms with Crippen molar-refractivity contribution in [1.82, 2.24) is 0 Å². The van der Waals surface area contributed by atoms with E-state index in [4.69, 9.17) is 24.8 Å². The third-order valence-electron chi connectivity index (χ3n) is 1.42. The average molecular weight is 280 g/mol. The Labute approximate surface area is 111 Å². The molecule has 8 nitrogen and oxygen atoms in total. The molecule has 0 fully saturated rings. The normalized spacial score (nSPS) is 11.6. The van der Waals surface area contributed by atoms with E-state index < -0.39 is 18.2 Å². The van der Waals surface area contributed by atoms with Crippen LogP contribution in [0, 0.1) is 0 Å². The monoisotopic (exact) mass is 280 g/mol. The standard InChI is InChI=1S/C6H14O4.C5H6O4/c1-2-10-6(8)5-9-4-3-7;1-9-5(8)3-2-4(6)7/h6-8H,2-5H2,1H3;2-3H,1H3,(H,6,7)/b;3-2+. The van der Waals surface area contributed by atoms with Crippen LogP contribution >= 0.6 is 0 Å². The van der Waals surface area contributed by atoms with Crippen molar-refractivity contribution in [3.8, 4) is 0 Å². The molecule has 0 aromatic heterocycles. The predicted octanol–water partition coefficient (Wildman–Crippen LogP) is -0.850. The van der Waals surface area contributed by atoms with Gasteiger partial charge >= 0.3 is 11.9 Å². The minimum atomic E-state index is -1.17. The van der Waals surface area contributed by atoms with Gasteiger partial charge in [-0.25, -0.2) is 9.59 Å². The van der Waals surface area contributed by atoms with Crippen LogP contribution in [0.2, 0.25) is 0 Å². The number of carbonyl (C=O) groups is 2. The van der Waals surface area contributed by atoms with Crippen LogP contribution in [0.4, 0.5) is 0 Å². The van der Waals surface area contributed by atoms with Crippen molar-refractivity contribution in [3.63, 3.8) is 0 Å². The number of aliphatic hydroxyl groups is 2. The lowest BCUT2D eigenvalue weighted by Crippen LogP contribution is -2.19. The van der Waals surface area contributed by atoms with Crippen LogP contribution in [0.5, 0.6) is 0 Å². The zero-order valence-corrected chi connectivity index (χ0v) is 10.9. The van der Waals surface area contributed by atoms with Crippen LogP contribution in [0.1, 0.15) is 6.92 Å². The van der Waals surface area contributed by atoms with Gasteiger partial charge in [-0.1, -0.05) is 0 Å². The van der Waals surface area contributed by atoms with Crippen molar-refractivity contribution < 1.29 is 39.1 Å². The van der Waals surface area contributed by atoms with Gasteiger partial charge in [0.2, 0.25) is 0 Å². The summed E-state index contributed by atoms with van der Waals surface area (Å²) in [5.41, 5.74) is 0. The van der Waals surface area contributed by atoms with E-state index in [9.17, 15) is 9.59 Å². The van der Waals surface area contributed by atoms with Gasteiger partial charge in [0.15, 0.2) is 6.29 Å². The van der Waals surface area contributed by atoms with Crippen LogP contribution in [0.25, 0.3) is 0 Å². The maximum Gasteiger partial charge on any atom is 0.330 e. The lowest BCUT2D eigenvalue weighted by Gasteiger charge is -2.09. The van der Waals surface area contributed by atoms with Crippen LogP contribution in [-0.4, -0.2) is 67.1 Å². The number of ether oxygens (including phenoxy) is 3. The first-order valence-corrected chi connectivity index (χ1v) is 5.45. The Balaban J connectivity index is 0. The number of rotatable bonds is 8. The van der Waals surface area contributed by atoms with Gasteiger partial charge in [-0.2, -0.15) is 0 Å². The second kappa shape index (κ2) is 14.6. The second-order valence-corrected chi connectivity index (χ2v) is 2.90. The van der Waals surface area contributed by atoms with Gasteiger partial charge in [0, 0.05) is 18.8 Å². The molecule has 0 rings (SSSR count). The number of carboxylic acids is 1. The molecule has 19 heavy (non-hydrogen) atoms. The summed E-state index contributed by atoms with van der Waals surface area (Å²) in [6.45, 7) is 2.58. The van der Waals surface area contributed by atoms with Crippen molar-refractivity contribution in [3.05, 3.63) is 12.2 Å². The third kappa shape index (κ3) is 19.1. The molecule has 0 spiro atoms. The number of hydrogen-bond acceptors (Lipinski definition) is 7. The van der Waals surface area contributed by atoms with E-state index in [0.717, 1.165) is 6.08 Å². The molecule has 0 aromatic rings. The van der Waals surface area contributed by atoms with Crippen molar-refractivity contribution in [2.75, 3.05) is 33.5 Å². The van der Waals surface area contributed by atoms with Gasteiger partial charge in [0.05, 0.1) is 26.9 Å². The molecular formula is C11H20O8. The summed E-state index contributed by atoms with van der Waals surface area (Å²) >= 11 is 0. The zero-order chi connectivity index (χ0) is 15.1. The van der Waals surface area contributed by atoms with Crippen molar-refractivity contribution in [2.45, 2.75) is 13.2 Å². The quantitative estimate of drug-likeness (QED) is 0.227. The second-order valence-electron chi connectivity index (χ2n) is 2.90. The number of aliphatic carboxylic acids is 1. The largest absolute Gasteiger partial charge is 0.478 e. The molecule has 0 heterocycles. The Morgan fingerprint density at radius 2 is 1.95 bits per heavy atom. The molecule has 112 valence electrons. The lowest BCUT2D eigenvalue weighted by atomic mass is 10.5. The lowest BCUT2D eigenvalue weighted by molar-refractivity contribution is -0.136. The minimum Gasteiger partial charge on any atom is -0.478 e. The number of carboxylic acid groups (broad SMARTS) is 1.